The van der Waals surface area contributed by atoms with Crippen LogP contribution in [0.4, 0.5) is 0 Å². The van der Waals surface area contributed by atoms with Crippen LogP contribution < -0.4 is 0 Å². The molecule has 0 spiro atoms. The minimum atomic E-state index is 0.698. The van der Waals surface area contributed by atoms with Crippen molar-refractivity contribution in [2.75, 3.05) is 0 Å². The van der Waals surface area contributed by atoms with Crippen molar-refractivity contribution in [1.29, 1.82) is 0 Å². The van der Waals surface area contributed by atoms with Crippen LogP contribution in [0.1, 0.15) is 31.2 Å². The molecule has 0 saturated carbocycles. The lowest BCUT2D eigenvalue weighted by atomic mass is 10.1. The molecule has 0 amide bonds. The van der Waals surface area contributed by atoms with Gasteiger partial charge in [0.05, 0.1) is 0 Å². The van der Waals surface area contributed by atoms with Gasteiger partial charge in [0, 0.05) is 12.0 Å². The smallest absolute Gasteiger partial charge is 0.226 e. The normalized spacial score (nSPS) is 10.6. The highest BCUT2D eigenvalue weighted by Gasteiger charge is 2.09. The first-order valence-electron chi connectivity index (χ1n) is 5.70. The van der Waals surface area contributed by atoms with E-state index >= 15 is 0 Å². The Labute approximate surface area is 95.5 Å². The van der Waals surface area contributed by atoms with Crippen LogP contribution in [-0.2, 0) is 6.42 Å². The van der Waals surface area contributed by atoms with Gasteiger partial charge in [0.1, 0.15) is 0 Å². The summed E-state index contributed by atoms with van der Waals surface area (Å²) in [5.41, 5.74) is 2.22. The molecule has 0 aliphatic rings. The third-order valence-corrected chi connectivity index (χ3v) is 2.60. The standard InChI is InChI=1S/C13H16N2O/c1-3-4-9-12-14-13(15-16-12)11-8-6-5-7-10(11)2/h5-8H,3-4,9H2,1-2H3. The molecule has 0 bridgehead atoms. The highest BCUT2D eigenvalue weighted by Crippen LogP contribution is 2.20. The molecule has 0 aliphatic heterocycles. The fraction of sp³-hybridized carbons (Fsp3) is 0.385. The molecule has 0 atom stereocenters. The van der Waals surface area contributed by atoms with Gasteiger partial charge in [-0.05, 0) is 18.9 Å². The Morgan fingerprint density at radius 2 is 2.06 bits per heavy atom. The molecule has 0 N–H and O–H groups in total. The predicted molar refractivity (Wildman–Crippen MR) is 63.1 cm³/mol. The number of benzene rings is 1. The van der Waals surface area contributed by atoms with Crippen molar-refractivity contribution < 1.29 is 4.52 Å². The first-order valence-corrected chi connectivity index (χ1v) is 5.70. The minimum absolute atomic E-state index is 0.698. The van der Waals surface area contributed by atoms with Gasteiger partial charge in [-0.3, -0.25) is 0 Å². The second-order valence-electron chi connectivity index (χ2n) is 3.93. The van der Waals surface area contributed by atoms with Crippen molar-refractivity contribution in [2.24, 2.45) is 0 Å². The maximum Gasteiger partial charge on any atom is 0.226 e. The van der Waals surface area contributed by atoms with Crippen molar-refractivity contribution in [3.8, 4) is 11.4 Å². The van der Waals surface area contributed by atoms with Gasteiger partial charge in [-0.15, -0.1) is 0 Å². The van der Waals surface area contributed by atoms with Gasteiger partial charge in [0.25, 0.3) is 0 Å². The van der Waals surface area contributed by atoms with E-state index in [1.807, 2.05) is 18.2 Å². The van der Waals surface area contributed by atoms with Gasteiger partial charge in [0.15, 0.2) is 0 Å². The van der Waals surface area contributed by atoms with Crippen molar-refractivity contribution in [1.82, 2.24) is 10.1 Å². The first kappa shape index (κ1) is 10.9. The summed E-state index contributed by atoms with van der Waals surface area (Å²) >= 11 is 0. The van der Waals surface area contributed by atoms with Crippen LogP contribution in [0.25, 0.3) is 11.4 Å². The van der Waals surface area contributed by atoms with Gasteiger partial charge in [0.2, 0.25) is 11.7 Å². The minimum Gasteiger partial charge on any atom is -0.339 e. The predicted octanol–water partition coefficient (Wildman–Crippen LogP) is 3.39. The van der Waals surface area contributed by atoms with E-state index in [0.29, 0.717) is 5.82 Å². The monoisotopic (exact) mass is 216 g/mol. The van der Waals surface area contributed by atoms with E-state index in [0.717, 1.165) is 30.7 Å². The molecule has 1 aromatic heterocycles. The van der Waals surface area contributed by atoms with Gasteiger partial charge >= 0.3 is 0 Å². The lowest BCUT2D eigenvalue weighted by Crippen LogP contribution is -1.87. The van der Waals surface area contributed by atoms with E-state index < -0.39 is 0 Å². The van der Waals surface area contributed by atoms with Gasteiger partial charge in [-0.1, -0.05) is 42.8 Å². The van der Waals surface area contributed by atoms with E-state index in [-0.39, 0.29) is 0 Å². The summed E-state index contributed by atoms with van der Waals surface area (Å²) < 4.78 is 5.22. The van der Waals surface area contributed by atoms with Crippen molar-refractivity contribution >= 4 is 0 Å². The van der Waals surface area contributed by atoms with Crippen LogP contribution in [0.2, 0.25) is 0 Å². The maximum atomic E-state index is 5.22. The molecule has 0 aliphatic carbocycles. The maximum absolute atomic E-state index is 5.22. The molecule has 0 unspecified atom stereocenters. The average Bonchev–Trinajstić information content (AvgIpc) is 2.75. The molecule has 3 nitrogen and oxygen atoms in total. The number of aromatic nitrogens is 2. The van der Waals surface area contributed by atoms with Crippen LogP contribution in [0, 0.1) is 6.92 Å². The van der Waals surface area contributed by atoms with Crippen molar-refractivity contribution in [3.63, 3.8) is 0 Å². The molecular formula is C13H16N2O. The van der Waals surface area contributed by atoms with Gasteiger partial charge in [-0.2, -0.15) is 4.98 Å². The lowest BCUT2D eigenvalue weighted by molar-refractivity contribution is 0.375. The molecule has 16 heavy (non-hydrogen) atoms. The largest absolute Gasteiger partial charge is 0.339 e. The number of hydrogen-bond donors (Lipinski definition) is 0. The molecule has 3 heteroatoms. The Kier molecular flexibility index (Phi) is 3.34. The van der Waals surface area contributed by atoms with E-state index in [9.17, 15) is 0 Å². The molecule has 0 fully saturated rings. The van der Waals surface area contributed by atoms with E-state index in [1.54, 1.807) is 0 Å². The summed E-state index contributed by atoms with van der Waals surface area (Å²) in [6, 6.07) is 8.07. The zero-order chi connectivity index (χ0) is 11.4. The quantitative estimate of drug-likeness (QED) is 0.786. The van der Waals surface area contributed by atoms with Crippen LogP contribution >= 0.6 is 0 Å². The molecule has 1 heterocycles. The molecule has 2 rings (SSSR count). The highest BCUT2D eigenvalue weighted by molar-refractivity contribution is 5.58. The highest BCUT2D eigenvalue weighted by atomic mass is 16.5. The fourth-order valence-corrected chi connectivity index (χ4v) is 1.62. The summed E-state index contributed by atoms with van der Waals surface area (Å²) in [7, 11) is 0. The SMILES string of the molecule is CCCCc1nc(-c2ccccc2C)no1. The average molecular weight is 216 g/mol. The summed E-state index contributed by atoms with van der Waals surface area (Å²) in [5.74, 6) is 1.43. The molecule has 0 radical (unpaired) electrons. The molecule has 84 valence electrons. The Morgan fingerprint density at radius 3 is 2.81 bits per heavy atom. The van der Waals surface area contributed by atoms with Gasteiger partial charge in [-0.25, -0.2) is 0 Å². The third kappa shape index (κ3) is 2.30. The van der Waals surface area contributed by atoms with Crippen LogP contribution in [0.15, 0.2) is 28.8 Å². The van der Waals surface area contributed by atoms with E-state index in [1.165, 1.54) is 5.56 Å². The topological polar surface area (TPSA) is 38.9 Å². The van der Waals surface area contributed by atoms with Crippen LogP contribution in [0.3, 0.4) is 0 Å². The van der Waals surface area contributed by atoms with Crippen LogP contribution in [0.5, 0.6) is 0 Å². The van der Waals surface area contributed by atoms with E-state index in [4.69, 9.17) is 4.52 Å². The number of aryl methyl sites for hydroxylation is 2. The second-order valence-corrected chi connectivity index (χ2v) is 3.93. The Morgan fingerprint density at radius 1 is 1.25 bits per heavy atom. The zero-order valence-electron chi connectivity index (χ0n) is 9.73. The van der Waals surface area contributed by atoms with Crippen molar-refractivity contribution in [2.45, 2.75) is 33.1 Å². The molecule has 2 aromatic rings. The Bertz CT molecular complexity index is 462. The Hall–Kier alpha value is -1.64. The second kappa shape index (κ2) is 4.92. The zero-order valence-corrected chi connectivity index (χ0v) is 9.73. The molecule has 1 aromatic carbocycles. The summed E-state index contributed by atoms with van der Waals surface area (Å²) in [6.07, 6.45) is 3.10. The number of unbranched alkanes of at least 4 members (excludes halogenated alkanes) is 1. The number of hydrogen-bond acceptors (Lipinski definition) is 3. The summed E-state index contributed by atoms with van der Waals surface area (Å²) in [5, 5.41) is 4.01. The Balaban J connectivity index is 2.22. The third-order valence-electron chi connectivity index (χ3n) is 2.60. The lowest BCUT2D eigenvalue weighted by Gasteiger charge is -1.97. The summed E-state index contributed by atoms with van der Waals surface area (Å²) in [6.45, 7) is 4.20. The van der Waals surface area contributed by atoms with E-state index in [2.05, 4.69) is 30.1 Å². The fourth-order valence-electron chi connectivity index (χ4n) is 1.62. The number of nitrogens with zero attached hydrogens (tertiary/aromatic N) is 2. The van der Waals surface area contributed by atoms with Crippen molar-refractivity contribution in [3.05, 3.63) is 35.7 Å². The van der Waals surface area contributed by atoms with Gasteiger partial charge < -0.3 is 4.52 Å². The molecular weight excluding hydrogens is 200 g/mol. The first-order chi connectivity index (χ1) is 7.81. The van der Waals surface area contributed by atoms with Crippen LogP contribution in [-0.4, -0.2) is 10.1 Å². The number of rotatable bonds is 4. The summed E-state index contributed by atoms with van der Waals surface area (Å²) in [4.78, 5) is 4.40. The molecule has 0 saturated heterocycles.